The van der Waals surface area contributed by atoms with Gasteiger partial charge in [-0.15, -0.1) is 0 Å². The van der Waals surface area contributed by atoms with Gasteiger partial charge >= 0.3 is 0 Å². The molecule has 0 aliphatic carbocycles. The topological polar surface area (TPSA) is 42.4 Å². The van der Waals surface area contributed by atoms with Crippen molar-refractivity contribution in [2.45, 2.75) is 32.9 Å². The molecular weight excluding hydrogens is 248 g/mol. The molecule has 1 heterocycles. The van der Waals surface area contributed by atoms with Crippen LogP contribution in [0.5, 0.6) is 0 Å². The van der Waals surface area contributed by atoms with Gasteiger partial charge in [-0.05, 0) is 31.7 Å². The number of likely N-dealkylation sites (N-methyl/N-ethyl adjacent to an activating group) is 1. The summed E-state index contributed by atoms with van der Waals surface area (Å²) in [4.78, 5) is 2.24. The van der Waals surface area contributed by atoms with E-state index in [-0.39, 0.29) is 6.04 Å². The summed E-state index contributed by atoms with van der Waals surface area (Å²) in [6.07, 6.45) is 0.916. The van der Waals surface area contributed by atoms with E-state index in [0.29, 0.717) is 6.54 Å². The third-order valence-electron chi connectivity index (χ3n) is 3.63. The summed E-state index contributed by atoms with van der Waals surface area (Å²) in [7, 11) is 2.09. The van der Waals surface area contributed by atoms with Crippen LogP contribution in [-0.4, -0.2) is 18.5 Å². The smallest absolute Gasteiger partial charge is 0.122 e. The van der Waals surface area contributed by atoms with E-state index in [1.54, 1.807) is 0 Å². The summed E-state index contributed by atoms with van der Waals surface area (Å²) in [5.41, 5.74) is 8.52. The Balaban J connectivity index is 2.10. The van der Waals surface area contributed by atoms with Crippen molar-refractivity contribution in [1.29, 1.82) is 0 Å². The molecule has 0 aliphatic rings. The molecule has 0 saturated carbocycles. The Labute approximate surface area is 121 Å². The van der Waals surface area contributed by atoms with E-state index in [4.69, 9.17) is 10.2 Å². The Morgan fingerprint density at radius 3 is 2.65 bits per heavy atom. The van der Waals surface area contributed by atoms with Crippen LogP contribution in [0, 0.1) is 6.92 Å². The van der Waals surface area contributed by atoms with Gasteiger partial charge in [0.2, 0.25) is 0 Å². The Morgan fingerprint density at radius 2 is 2.05 bits per heavy atom. The number of hydrogen-bond acceptors (Lipinski definition) is 3. The standard InChI is InChI=1S/C17H24N2O/c1-4-15-8-9-17(20-15)16(11-18)19(3)12-14-7-5-6-13(2)10-14/h5-10,16H,4,11-12,18H2,1-3H3. The van der Waals surface area contributed by atoms with E-state index in [9.17, 15) is 0 Å². The first-order chi connectivity index (χ1) is 9.63. The van der Waals surface area contributed by atoms with Gasteiger partial charge in [-0.3, -0.25) is 4.90 Å². The largest absolute Gasteiger partial charge is 0.464 e. The minimum absolute atomic E-state index is 0.121. The van der Waals surface area contributed by atoms with Crippen LogP contribution < -0.4 is 5.73 Å². The third-order valence-corrected chi connectivity index (χ3v) is 3.63. The maximum absolute atomic E-state index is 5.94. The first-order valence-corrected chi connectivity index (χ1v) is 7.18. The lowest BCUT2D eigenvalue weighted by molar-refractivity contribution is 0.210. The van der Waals surface area contributed by atoms with Gasteiger partial charge in [-0.2, -0.15) is 0 Å². The van der Waals surface area contributed by atoms with Gasteiger partial charge in [-0.1, -0.05) is 36.8 Å². The molecule has 1 atom stereocenters. The molecular formula is C17H24N2O. The number of hydrogen-bond donors (Lipinski definition) is 1. The summed E-state index contributed by atoms with van der Waals surface area (Å²) >= 11 is 0. The minimum Gasteiger partial charge on any atom is -0.464 e. The van der Waals surface area contributed by atoms with Gasteiger partial charge in [0.1, 0.15) is 11.5 Å². The Bertz CT molecular complexity index is 547. The first-order valence-electron chi connectivity index (χ1n) is 7.18. The lowest BCUT2D eigenvalue weighted by Gasteiger charge is -2.25. The predicted molar refractivity (Wildman–Crippen MR) is 82.5 cm³/mol. The Hall–Kier alpha value is -1.58. The fourth-order valence-electron chi connectivity index (χ4n) is 2.49. The zero-order valence-electron chi connectivity index (χ0n) is 12.6. The molecule has 2 aromatic rings. The Morgan fingerprint density at radius 1 is 1.25 bits per heavy atom. The van der Waals surface area contributed by atoms with E-state index in [1.165, 1.54) is 11.1 Å². The highest BCUT2D eigenvalue weighted by atomic mass is 16.3. The van der Waals surface area contributed by atoms with Crippen molar-refractivity contribution in [3.8, 4) is 0 Å². The average molecular weight is 272 g/mol. The lowest BCUT2D eigenvalue weighted by Crippen LogP contribution is -2.29. The minimum atomic E-state index is 0.121. The molecule has 20 heavy (non-hydrogen) atoms. The number of rotatable bonds is 6. The van der Waals surface area contributed by atoms with Crippen LogP contribution in [0.25, 0.3) is 0 Å². The second-order valence-corrected chi connectivity index (χ2v) is 5.31. The van der Waals surface area contributed by atoms with Crippen molar-refractivity contribution in [3.63, 3.8) is 0 Å². The molecule has 3 heteroatoms. The normalized spacial score (nSPS) is 12.8. The van der Waals surface area contributed by atoms with Crippen LogP contribution >= 0.6 is 0 Å². The molecule has 1 unspecified atom stereocenters. The van der Waals surface area contributed by atoms with E-state index in [0.717, 1.165) is 24.5 Å². The van der Waals surface area contributed by atoms with E-state index < -0.39 is 0 Å². The SMILES string of the molecule is CCc1ccc(C(CN)N(C)Cc2cccc(C)c2)o1. The molecule has 0 radical (unpaired) electrons. The van der Waals surface area contributed by atoms with Crippen LogP contribution in [0.2, 0.25) is 0 Å². The molecule has 108 valence electrons. The van der Waals surface area contributed by atoms with Crippen molar-refractivity contribution in [2.24, 2.45) is 5.73 Å². The van der Waals surface area contributed by atoms with Gasteiger partial charge < -0.3 is 10.2 Å². The summed E-state index contributed by atoms with van der Waals surface area (Å²) in [6, 6.07) is 12.8. The predicted octanol–water partition coefficient (Wildman–Crippen LogP) is 3.28. The van der Waals surface area contributed by atoms with Crippen molar-refractivity contribution in [3.05, 3.63) is 59.0 Å². The van der Waals surface area contributed by atoms with Crippen LogP contribution in [0.3, 0.4) is 0 Å². The average Bonchev–Trinajstić information content (AvgIpc) is 2.88. The van der Waals surface area contributed by atoms with Gasteiger partial charge in [-0.25, -0.2) is 0 Å². The van der Waals surface area contributed by atoms with Crippen molar-refractivity contribution >= 4 is 0 Å². The zero-order chi connectivity index (χ0) is 14.5. The van der Waals surface area contributed by atoms with Crippen LogP contribution in [-0.2, 0) is 13.0 Å². The summed E-state index contributed by atoms with van der Waals surface area (Å²) in [5.74, 6) is 1.97. The number of aryl methyl sites for hydroxylation is 2. The van der Waals surface area contributed by atoms with Crippen LogP contribution in [0.1, 0.15) is 35.6 Å². The fraction of sp³-hybridized carbons (Fsp3) is 0.412. The summed E-state index contributed by atoms with van der Waals surface area (Å²) in [5, 5.41) is 0. The maximum atomic E-state index is 5.94. The van der Waals surface area contributed by atoms with Crippen LogP contribution in [0.4, 0.5) is 0 Å². The molecule has 1 aromatic heterocycles. The summed E-state index contributed by atoms with van der Waals surface area (Å²) in [6.45, 7) is 5.63. The third kappa shape index (κ3) is 3.50. The molecule has 0 saturated heterocycles. The molecule has 0 spiro atoms. The van der Waals surface area contributed by atoms with Crippen molar-refractivity contribution in [1.82, 2.24) is 4.90 Å². The quantitative estimate of drug-likeness (QED) is 0.877. The molecule has 0 aliphatic heterocycles. The van der Waals surface area contributed by atoms with E-state index >= 15 is 0 Å². The molecule has 3 nitrogen and oxygen atoms in total. The highest BCUT2D eigenvalue weighted by Crippen LogP contribution is 2.23. The molecule has 2 N–H and O–H groups in total. The van der Waals surface area contributed by atoms with Gasteiger partial charge in [0, 0.05) is 19.5 Å². The van der Waals surface area contributed by atoms with E-state index in [2.05, 4.69) is 50.1 Å². The van der Waals surface area contributed by atoms with Gasteiger partial charge in [0.05, 0.1) is 6.04 Å². The number of nitrogens with zero attached hydrogens (tertiary/aromatic N) is 1. The molecule has 0 bridgehead atoms. The monoisotopic (exact) mass is 272 g/mol. The second-order valence-electron chi connectivity index (χ2n) is 5.31. The number of furan rings is 1. The molecule has 0 amide bonds. The number of nitrogens with two attached hydrogens (primary N) is 1. The fourth-order valence-corrected chi connectivity index (χ4v) is 2.49. The molecule has 2 rings (SSSR count). The molecule has 0 fully saturated rings. The number of benzene rings is 1. The Kier molecular flexibility index (Phi) is 4.99. The maximum Gasteiger partial charge on any atom is 0.122 e. The van der Waals surface area contributed by atoms with Gasteiger partial charge in [0.15, 0.2) is 0 Å². The molecule has 1 aromatic carbocycles. The highest BCUT2D eigenvalue weighted by Gasteiger charge is 2.19. The summed E-state index contributed by atoms with van der Waals surface area (Å²) < 4.78 is 5.85. The van der Waals surface area contributed by atoms with Crippen molar-refractivity contribution in [2.75, 3.05) is 13.6 Å². The van der Waals surface area contributed by atoms with E-state index in [1.807, 2.05) is 12.1 Å². The highest BCUT2D eigenvalue weighted by molar-refractivity contribution is 5.22. The van der Waals surface area contributed by atoms with Gasteiger partial charge in [0.25, 0.3) is 0 Å². The van der Waals surface area contributed by atoms with Crippen LogP contribution in [0.15, 0.2) is 40.8 Å². The first kappa shape index (κ1) is 14.8. The van der Waals surface area contributed by atoms with Crippen molar-refractivity contribution < 1.29 is 4.42 Å². The lowest BCUT2D eigenvalue weighted by atomic mass is 10.1. The second kappa shape index (κ2) is 6.73. The zero-order valence-corrected chi connectivity index (χ0v) is 12.6.